The Hall–Kier alpha value is -3.06. The second-order valence-electron chi connectivity index (χ2n) is 5.54. The summed E-state index contributed by atoms with van der Waals surface area (Å²) in [6.45, 7) is -0.0873. The molecule has 0 aliphatic rings. The molecule has 1 N–H and O–H groups in total. The van der Waals surface area contributed by atoms with E-state index in [1.54, 1.807) is 35.2 Å². The van der Waals surface area contributed by atoms with Crippen LogP contribution in [0.3, 0.4) is 0 Å². The first kappa shape index (κ1) is 16.4. The smallest absolute Gasteiger partial charge is 0.154 e. The number of nitrogens with zero attached hydrogens (tertiary/aromatic N) is 4. The molecule has 0 amide bonds. The molecule has 130 valence electrons. The highest BCUT2D eigenvalue weighted by Crippen LogP contribution is 2.23. The van der Waals surface area contributed by atoms with Gasteiger partial charge in [-0.15, -0.1) is 5.10 Å². The molecule has 4 rings (SSSR count). The molecule has 3 aromatic heterocycles. The Morgan fingerprint density at radius 3 is 2.65 bits per heavy atom. The minimum absolute atomic E-state index is 0.0873. The average Bonchev–Trinajstić information content (AvgIpc) is 3.09. The summed E-state index contributed by atoms with van der Waals surface area (Å²) in [4.78, 5) is 8.30. The first-order valence-electron chi connectivity index (χ1n) is 7.75. The van der Waals surface area contributed by atoms with Crippen LogP contribution in [0.5, 0.6) is 0 Å². The van der Waals surface area contributed by atoms with E-state index in [0.29, 0.717) is 11.5 Å². The lowest BCUT2D eigenvalue weighted by molar-refractivity contribution is 0.560. The Bertz CT molecular complexity index is 1080. The number of pyridine rings is 1. The van der Waals surface area contributed by atoms with E-state index >= 15 is 0 Å². The highest BCUT2D eigenvalue weighted by molar-refractivity contribution is 6.30. The third kappa shape index (κ3) is 2.97. The SMILES string of the molecule is Fc1ccc(Cl)c(F)c1CNc1ccc2ncc(-c3ccncc3)n2n1. The number of aromatic nitrogens is 4. The van der Waals surface area contributed by atoms with Gasteiger partial charge in [0.05, 0.1) is 16.9 Å². The maximum atomic E-state index is 14.0. The maximum Gasteiger partial charge on any atom is 0.154 e. The van der Waals surface area contributed by atoms with Crippen LogP contribution in [0.25, 0.3) is 16.9 Å². The van der Waals surface area contributed by atoms with Crippen LogP contribution in [0.15, 0.2) is 55.0 Å². The zero-order valence-electron chi connectivity index (χ0n) is 13.3. The largest absolute Gasteiger partial charge is 0.364 e. The predicted octanol–water partition coefficient (Wildman–Crippen LogP) is 4.34. The summed E-state index contributed by atoms with van der Waals surface area (Å²) in [5.74, 6) is -0.995. The van der Waals surface area contributed by atoms with E-state index < -0.39 is 11.6 Å². The maximum absolute atomic E-state index is 14.0. The molecule has 0 atom stereocenters. The zero-order chi connectivity index (χ0) is 18.1. The molecule has 0 aliphatic heterocycles. The monoisotopic (exact) mass is 371 g/mol. The lowest BCUT2D eigenvalue weighted by Gasteiger charge is -2.09. The van der Waals surface area contributed by atoms with Gasteiger partial charge in [0.2, 0.25) is 0 Å². The molecule has 0 aliphatic carbocycles. The fourth-order valence-electron chi connectivity index (χ4n) is 2.60. The van der Waals surface area contributed by atoms with Crippen LogP contribution in [0.2, 0.25) is 5.02 Å². The minimum Gasteiger partial charge on any atom is -0.364 e. The molecule has 0 saturated carbocycles. The van der Waals surface area contributed by atoms with Crippen LogP contribution >= 0.6 is 11.6 Å². The predicted molar refractivity (Wildman–Crippen MR) is 94.9 cm³/mol. The first-order valence-corrected chi connectivity index (χ1v) is 8.13. The molecular weight excluding hydrogens is 360 g/mol. The summed E-state index contributed by atoms with van der Waals surface area (Å²) in [6, 6.07) is 9.48. The summed E-state index contributed by atoms with van der Waals surface area (Å²) in [7, 11) is 0. The van der Waals surface area contributed by atoms with E-state index in [4.69, 9.17) is 11.6 Å². The van der Waals surface area contributed by atoms with Gasteiger partial charge >= 0.3 is 0 Å². The Morgan fingerprint density at radius 2 is 1.85 bits per heavy atom. The van der Waals surface area contributed by atoms with Gasteiger partial charge < -0.3 is 5.32 Å². The number of nitrogens with one attached hydrogen (secondary N) is 1. The molecule has 0 bridgehead atoms. The first-order chi connectivity index (χ1) is 12.6. The quantitative estimate of drug-likeness (QED) is 0.542. The van der Waals surface area contributed by atoms with Crippen molar-refractivity contribution in [3.63, 3.8) is 0 Å². The minimum atomic E-state index is -0.777. The molecule has 4 aromatic rings. The molecule has 0 unspecified atom stereocenters. The second kappa shape index (κ2) is 6.68. The lowest BCUT2D eigenvalue weighted by atomic mass is 10.2. The van der Waals surface area contributed by atoms with Gasteiger partial charge in [0.1, 0.15) is 17.5 Å². The van der Waals surface area contributed by atoms with Gasteiger partial charge in [-0.25, -0.2) is 18.3 Å². The van der Waals surface area contributed by atoms with Crippen LogP contribution in [0.1, 0.15) is 5.56 Å². The van der Waals surface area contributed by atoms with Gasteiger partial charge in [-0.05, 0) is 36.4 Å². The number of imidazole rings is 1. The van der Waals surface area contributed by atoms with Gasteiger partial charge in [0, 0.05) is 30.1 Å². The molecule has 0 fully saturated rings. The van der Waals surface area contributed by atoms with E-state index in [0.717, 1.165) is 17.3 Å². The van der Waals surface area contributed by atoms with Gasteiger partial charge in [-0.1, -0.05) is 11.6 Å². The lowest BCUT2D eigenvalue weighted by Crippen LogP contribution is -2.08. The Balaban J connectivity index is 1.65. The van der Waals surface area contributed by atoms with Crippen molar-refractivity contribution in [1.82, 2.24) is 19.6 Å². The molecule has 5 nitrogen and oxygen atoms in total. The molecule has 0 radical (unpaired) electrons. The van der Waals surface area contributed by atoms with Crippen molar-refractivity contribution in [2.24, 2.45) is 0 Å². The van der Waals surface area contributed by atoms with Crippen LogP contribution < -0.4 is 5.32 Å². The van der Waals surface area contributed by atoms with Gasteiger partial charge in [0.15, 0.2) is 5.65 Å². The number of anilines is 1. The van der Waals surface area contributed by atoms with Crippen molar-refractivity contribution in [2.45, 2.75) is 6.54 Å². The van der Waals surface area contributed by atoms with Crippen molar-refractivity contribution in [3.05, 3.63) is 77.2 Å². The number of hydrogen-bond donors (Lipinski definition) is 1. The van der Waals surface area contributed by atoms with Gasteiger partial charge in [-0.2, -0.15) is 0 Å². The highest BCUT2D eigenvalue weighted by Gasteiger charge is 2.13. The van der Waals surface area contributed by atoms with E-state index in [9.17, 15) is 8.78 Å². The zero-order valence-corrected chi connectivity index (χ0v) is 14.1. The van der Waals surface area contributed by atoms with Crippen LogP contribution in [-0.2, 0) is 6.54 Å². The Labute approximate surface area is 152 Å². The van der Waals surface area contributed by atoms with Crippen LogP contribution in [0, 0.1) is 11.6 Å². The standard InChI is InChI=1S/C18H12ClF2N5/c19-13-1-2-14(20)12(18(13)21)9-23-16-3-4-17-24-10-15(26(17)25-16)11-5-7-22-8-6-11/h1-8,10H,9H2,(H,23,25). The van der Waals surface area contributed by atoms with E-state index in [-0.39, 0.29) is 17.1 Å². The fourth-order valence-corrected chi connectivity index (χ4v) is 2.77. The van der Waals surface area contributed by atoms with E-state index in [1.807, 2.05) is 12.1 Å². The number of halogens is 3. The summed E-state index contributed by atoms with van der Waals surface area (Å²) in [5.41, 5.74) is 2.21. The summed E-state index contributed by atoms with van der Waals surface area (Å²) in [6.07, 6.45) is 5.07. The molecule has 26 heavy (non-hydrogen) atoms. The number of benzene rings is 1. The van der Waals surface area contributed by atoms with E-state index in [1.165, 1.54) is 6.07 Å². The highest BCUT2D eigenvalue weighted by atomic mass is 35.5. The second-order valence-corrected chi connectivity index (χ2v) is 5.95. The summed E-state index contributed by atoms with van der Waals surface area (Å²) >= 11 is 5.72. The van der Waals surface area contributed by atoms with Gasteiger partial charge in [-0.3, -0.25) is 4.98 Å². The summed E-state index contributed by atoms with van der Waals surface area (Å²) in [5, 5.41) is 7.25. The molecule has 3 heterocycles. The van der Waals surface area contributed by atoms with Gasteiger partial charge in [0.25, 0.3) is 0 Å². The van der Waals surface area contributed by atoms with Crippen molar-refractivity contribution < 1.29 is 8.78 Å². The van der Waals surface area contributed by atoms with E-state index in [2.05, 4.69) is 20.4 Å². The fraction of sp³-hybridized carbons (Fsp3) is 0.0556. The van der Waals surface area contributed by atoms with Crippen molar-refractivity contribution in [2.75, 3.05) is 5.32 Å². The Morgan fingerprint density at radius 1 is 1.04 bits per heavy atom. The molecule has 1 aromatic carbocycles. The molecular formula is C18H12ClF2N5. The van der Waals surface area contributed by atoms with Crippen LogP contribution in [-0.4, -0.2) is 19.6 Å². The van der Waals surface area contributed by atoms with Crippen molar-refractivity contribution in [1.29, 1.82) is 0 Å². The molecule has 0 saturated heterocycles. The molecule has 0 spiro atoms. The van der Waals surface area contributed by atoms with Crippen molar-refractivity contribution in [3.8, 4) is 11.3 Å². The average molecular weight is 372 g/mol. The summed E-state index contributed by atoms with van der Waals surface area (Å²) < 4.78 is 29.5. The Kier molecular flexibility index (Phi) is 4.22. The third-order valence-corrected chi connectivity index (χ3v) is 4.22. The normalized spacial score (nSPS) is 11.0. The van der Waals surface area contributed by atoms with Crippen LogP contribution in [0.4, 0.5) is 14.6 Å². The number of hydrogen-bond acceptors (Lipinski definition) is 4. The number of rotatable bonds is 4. The van der Waals surface area contributed by atoms with Crippen molar-refractivity contribution >= 4 is 23.1 Å². The topological polar surface area (TPSA) is 55.1 Å². The number of fused-ring (bicyclic) bond motifs is 1. The third-order valence-electron chi connectivity index (χ3n) is 3.92. The molecule has 8 heteroatoms.